The van der Waals surface area contributed by atoms with E-state index in [0.717, 1.165) is 27.5 Å². The molecule has 1 aliphatic rings. The molecule has 5 rings (SSSR count). The minimum absolute atomic E-state index is 0.0429. The molecule has 2 atom stereocenters. The number of rotatable bonds is 10. The molecule has 0 amide bonds. The summed E-state index contributed by atoms with van der Waals surface area (Å²) in [4.78, 5) is 0.984. The Morgan fingerprint density at radius 2 is 1.33 bits per heavy atom. The fourth-order valence-corrected chi connectivity index (χ4v) is 13.3. The molecule has 1 aliphatic heterocycles. The third-order valence-corrected chi connectivity index (χ3v) is 16.0. The van der Waals surface area contributed by atoms with Gasteiger partial charge in [0.15, 0.2) is 5.75 Å². The Bertz CT molecular complexity index is 1440. The first kappa shape index (κ1) is 30.6. The molecule has 4 aromatic rings. The van der Waals surface area contributed by atoms with Gasteiger partial charge in [-0.15, -0.1) is 11.8 Å². The third-order valence-electron chi connectivity index (χ3n) is 8.34. The van der Waals surface area contributed by atoms with E-state index in [1.807, 2.05) is 36.4 Å². The van der Waals surface area contributed by atoms with E-state index in [0.29, 0.717) is 34.0 Å². The van der Waals surface area contributed by atoms with Gasteiger partial charge in [0, 0.05) is 6.07 Å². The van der Waals surface area contributed by atoms with Crippen molar-refractivity contribution < 1.29 is 13.9 Å². The van der Waals surface area contributed by atoms with Gasteiger partial charge in [-0.05, 0) is 51.5 Å². The summed E-state index contributed by atoms with van der Waals surface area (Å²) in [5, 5.41) is 0.600. The average molecular weight is 617 g/mol. The van der Waals surface area contributed by atoms with Crippen molar-refractivity contribution in [2.75, 3.05) is 0 Å². The number of thioether (sulfide) groups is 1. The Morgan fingerprint density at radius 3 is 1.93 bits per heavy atom. The van der Waals surface area contributed by atoms with Crippen LogP contribution in [0.25, 0.3) is 0 Å². The number of ether oxygens (including phenoxy) is 2. The van der Waals surface area contributed by atoms with Crippen LogP contribution in [0.5, 0.6) is 17.2 Å². The van der Waals surface area contributed by atoms with Gasteiger partial charge in [-0.2, -0.15) is 0 Å². The highest BCUT2D eigenvalue weighted by molar-refractivity contribution is 7.99. The molecule has 42 heavy (non-hydrogen) atoms. The summed E-state index contributed by atoms with van der Waals surface area (Å²) in [5.41, 5.74) is 4.95. The first-order valence-corrected chi connectivity index (χ1v) is 18.3. The SMILES string of the molecule is CC(C)[Si](Oc1ccc([C@H]2Oc3c(Cl)cc(OCc4ccccc4)cc3S[C@H]2c2ccccc2)cc1)(C(C)C)C(C)C. The zero-order chi connectivity index (χ0) is 29.9. The van der Waals surface area contributed by atoms with Crippen molar-refractivity contribution in [3.8, 4) is 17.2 Å². The smallest absolute Gasteiger partial charge is 0.258 e. The maximum Gasteiger partial charge on any atom is 0.258 e. The fourth-order valence-electron chi connectivity index (χ4n) is 6.37. The van der Waals surface area contributed by atoms with Crippen molar-refractivity contribution in [3.05, 3.63) is 119 Å². The van der Waals surface area contributed by atoms with Crippen molar-refractivity contribution in [3.63, 3.8) is 0 Å². The molecule has 0 N–H and O–H groups in total. The standard InChI is InChI=1S/C36H41ClO3SSi/c1-24(2)42(25(3)4,26(5)6)40-30-19-17-28(18-20-30)34-36(29-15-11-8-12-16-29)41-33-22-31(21-32(37)35(33)39-34)38-23-27-13-9-7-10-14-27/h7-22,24-26,34,36H,23H2,1-6H3/t34-,36+/m1/s1. The van der Waals surface area contributed by atoms with Crippen LogP contribution in [0.15, 0.2) is 102 Å². The summed E-state index contributed by atoms with van der Waals surface area (Å²) in [6.07, 6.45) is -0.213. The van der Waals surface area contributed by atoms with Crippen LogP contribution < -0.4 is 13.9 Å². The van der Waals surface area contributed by atoms with E-state index in [1.54, 1.807) is 11.8 Å². The quantitative estimate of drug-likeness (QED) is 0.166. The Kier molecular flexibility index (Phi) is 9.61. The molecule has 4 aromatic carbocycles. The van der Waals surface area contributed by atoms with Gasteiger partial charge < -0.3 is 13.9 Å². The highest BCUT2D eigenvalue weighted by Gasteiger charge is 2.47. The van der Waals surface area contributed by atoms with Crippen LogP contribution in [-0.4, -0.2) is 8.32 Å². The molecular formula is C36H41ClO3SSi. The molecule has 0 spiro atoms. The van der Waals surface area contributed by atoms with E-state index in [1.165, 1.54) is 5.56 Å². The molecule has 0 aromatic heterocycles. The molecule has 0 aliphatic carbocycles. The number of fused-ring (bicyclic) bond motifs is 1. The normalized spacial score (nSPS) is 16.8. The summed E-state index contributed by atoms with van der Waals surface area (Å²) >= 11 is 8.60. The summed E-state index contributed by atoms with van der Waals surface area (Å²) in [6, 6.07) is 33.2. The van der Waals surface area contributed by atoms with Crippen LogP contribution in [0.3, 0.4) is 0 Å². The second-order valence-electron chi connectivity index (χ2n) is 12.0. The van der Waals surface area contributed by atoms with Gasteiger partial charge >= 0.3 is 0 Å². The Morgan fingerprint density at radius 1 is 0.738 bits per heavy atom. The van der Waals surface area contributed by atoms with Crippen LogP contribution in [-0.2, 0) is 6.61 Å². The second kappa shape index (κ2) is 13.2. The van der Waals surface area contributed by atoms with Crippen LogP contribution in [0, 0.1) is 0 Å². The zero-order valence-corrected chi connectivity index (χ0v) is 27.9. The van der Waals surface area contributed by atoms with Gasteiger partial charge in [0.05, 0.1) is 15.2 Å². The maximum atomic E-state index is 6.94. The zero-order valence-electron chi connectivity index (χ0n) is 25.3. The monoisotopic (exact) mass is 616 g/mol. The number of hydrogen-bond acceptors (Lipinski definition) is 4. The van der Waals surface area contributed by atoms with E-state index in [2.05, 4.69) is 102 Å². The lowest BCUT2D eigenvalue weighted by Crippen LogP contribution is -2.50. The Hall–Kier alpha value is -2.86. The molecule has 6 heteroatoms. The highest BCUT2D eigenvalue weighted by atomic mass is 35.5. The lowest BCUT2D eigenvalue weighted by molar-refractivity contribution is 0.190. The van der Waals surface area contributed by atoms with Crippen molar-refractivity contribution in [1.29, 1.82) is 0 Å². The van der Waals surface area contributed by atoms with Crippen molar-refractivity contribution in [2.45, 2.75) is 81.0 Å². The number of hydrogen-bond donors (Lipinski definition) is 0. The third kappa shape index (κ3) is 6.39. The summed E-state index contributed by atoms with van der Waals surface area (Å²) < 4.78 is 19.8. The predicted octanol–water partition coefficient (Wildman–Crippen LogP) is 11.4. The van der Waals surface area contributed by atoms with Crippen LogP contribution >= 0.6 is 23.4 Å². The average Bonchev–Trinajstić information content (AvgIpc) is 2.99. The largest absolute Gasteiger partial charge is 0.543 e. The Balaban J connectivity index is 1.44. The second-order valence-corrected chi connectivity index (χ2v) is 18.9. The van der Waals surface area contributed by atoms with E-state index in [9.17, 15) is 0 Å². The summed E-state index contributed by atoms with van der Waals surface area (Å²) in [6.45, 7) is 14.4. The van der Waals surface area contributed by atoms with E-state index in [4.69, 9.17) is 25.5 Å². The van der Waals surface area contributed by atoms with Gasteiger partial charge in [0.2, 0.25) is 0 Å². The Labute approximate surface area is 261 Å². The summed E-state index contributed by atoms with van der Waals surface area (Å²) in [5.74, 6) is 2.38. The number of halogens is 1. The molecule has 220 valence electrons. The molecular weight excluding hydrogens is 576 g/mol. The molecule has 0 saturated carbocycles. The van der Waals surface area contributed by atoms with Crippen molar-refractivity contribution in [2.24, 2.45) is 0 Å². The van der Waals surface area contributed by atoms with Crippen molar-refractivity contribution >= 4 is 31.7 Å². The molecule has 0 saturated heterocycles. The summed E-state index contributed by atoms with van der Waals surface area (Å²) in [7, 11) is -2.05. The predicted molar refractivity (Wildman–Crippen MR) is 179 cm³/mol. The first-order valence-electron chi connectivity index (χ1n) is 14.9. The number of benzene rings is 4. The van der Waals surface area contributed by atoms with E-state index >= 15 is 0 Å². The molecule has 0 fully saturated rings. The molecule has 3 nitrogen and oxygen atoms in total. The van der Waals surface area contributed by atoms with Gasteiger partial charge in [0.25, 0.3) is 8.32 Å². The fraction of sp³-hybridized carbons (Fsp3) is 0.333. The lowest BCUT2D eigenvalue weighted by Gasteiger charge is -2.42. The van der Waals surface area contributed by atoms with E-state index < -0.39 is 8.32 Å². The molecule has 0 radical (unpaired) electrons. The molecule has 0 bridgehead atoms. The highest BCUT2D eigenvalue weighted by Crippen LogP contribution is 2.56. The first-order chi connectivity index (χ1) is 20.2. The van der Waals surface area contributed by atoms with Crippen molar-refractivity contribution in [1.82, 2.24) is 0 Å². The topological polar surface area (TPSA) is 27.7 Å². The molecule has 0 unspecified atom stereocenters. The van der Waals surface area contributed by atoms with Gasteiger partial charge in [-0.1, -0.05) is 126 Å². The maximum absolute atomic E-state index is 6.94. The minimum atomic E-state index is -2.05. The van der Waals surface area contributed by atoms with Gasteiger partial charge in [0.1, 0.15) is 24.2 Å². The van der Waals surface area contributed by atoms with Crippen LogP contribution in [0.1, 0.15) is 69.6 Å². The van der Waals surface area contributed by atoms with Gasteiger partial charge in [-0.3, -0.25) is 0 Å². The lowest BCUT2D eigenvalue weighted by atomic mass is 10.00. The minimum Gasteiger partial charge on any atom is -0.543 e. The van der Waals surface area contributed by atoms with Crippen LogP contribution in [0.4, 0.5) is 0 Å². The van der Waals surface area contributed by atoms with E-state index in [-0.39, 0.29) is 11.4 Å². The van der Waals surface area contributed by atoms with Crippen LogP contribution in [0.2, 0.25) is 21.6 Å². The van der Waals surface area contributed by atoms with Gasteiger partial charge in [-0.25, -0.2) is 0 Å². The molecule has 1 heterocycles.